The minimum absolute atomic E-state index is 0.0808. The summed E-state index contributed by atoms with van der Waals surface area (Å²) in [5, 5.41) is 11.8. The summed E-state index contributed by atoms with van der Waals surface area (Å²) in [5.74, 6) is 0.626. The highest BCUT2D eigenvalue weighted by molar-refractivity contribution is 6.01. The molecular formula is C19H22N2O4. The molecule has 3 rings (SSSR count). The molecule has 0 spiro atoms. The van der Waals surface area contributed by atoms with Crippen molar-refractivity contribution in [3.8, 4) is 0 Å². The van der Waals surface area contributed by atoms with E-state index in [1.54, 1.807) is 18.2 Å². The fraction of sp³-hybridized carbons (Fsp3) is 0.368. The van der Waals surface area contributed by atoms with Gasteiger partial charge in [0.15, 0.2) is 0 Å². The van der Waals surface area contributed by atoms with E-state index in [4.69, 9.17) is 9.52 Å². The largest absolute Gasteiger partial charge is 0.478 e. The molecule has 1 aliphatic carbocycles. The lowest BCUT2D eigenvalue weighted by molar-refractivity contribution is -0.117. The van der Waals surface area contributed by atoms with Crippen LogP contribution in [0.15, 0.2) is 34.7 Å². The lowest BCUT2D eigenvalue weighted by Gasteiger charge is -2.15. The number of aryl methyl sites for hydroxylation is 2. The summed E-state index contributed by atoms with van der Waals surface area (Å²) in [6.45, 7) is 0.695. The molecule has 1 heterocycles. The second-order valence-corrected chi connectivity index (χ2v) is 6.44. The number of carboxylic acids is 1. The average Bonchev–Trinajstić information content (AvgIpc) is 2.96. The van der Waals surface area contributed by atoms with Crippen LogP contribution in [-0.4, -0.2) is 35.5 Å². The Labute approximate surface area is 146 Å². The van der Waals surface area contributed by atoms with Crippen LogP contribution in [-0.2, 0) is 24.2 Å². The number of nitrogens with one attached hydrogen (secondary N) is 1. The number of anilines is 1. The van der Waals surface area contributed by atoms with Crippen LogP contribution in [0.4, 0.5) is 5.69 Å². The standard InChI is InChI=1S/C19H22N2O4/c1-21(11-14-10-13-6-2-5-9-17(13)25-14)12-18(22)20-16-8-4-3-7-15(16)19(23)24/h3-4,7-8,10H,2,5-6,9,11-12H2,1H3,(H,20,22)(H,23,24). The van der Waals surface area contributed by atoms with Gasteiger partial charge in [-0.1, -0.05) is 12.1 Å². The molecule has 0 saturated heterocycles. The second kappa shape index (κ2) is 7.53. The molecule has 0 fully saturated rings. The molecule has 0 radical (unpaired) electrons. The number of carboxylic acid groups (broad SMARTS) is 1. The van der Waals surface area contributed by atoms with Crippen LogP contribution in [0, 0.1) is 0 Å². The number of carbonyl (C=O) groups is 2. The Morgan fingerprint density at radius 1 is 1.24 bits per heavy atom. The van der Waals surface area contributed by atoms with E-state index >= 15 is 0 Å². The molecule has 0 atom stereocenters. The predicted octanol–water partition coefficient (Wildman–Crippen LogP) is 2.93. The van der Waals surface area contributed by atoms with Crippen LogP contribution in [0.1, 0.15) is 40.3 Å². The highest BCUT2D eigenvalue weighted by Crippen LogP contribution is 2.25. The first kappa shape index (κ1) is 17.2. The molecule has 0 saturated carbocycles. The zero-order valence-electron chi connectivity index (χ0n) is 14.2. The van der Waals surface area contributed by atoms with Crippen LogP contribution in [0.25, 0.3) is 0 Å². The van der Waals surface area contributed by atoms with E-state index in [0.717, 1.165) is 24.4 Å². The van der Waals surface area contributed by atoms with E-state index < -0.39 is 5.97 Å². The van der Waals surface area contributed by atoms with Gasteiger partial charge in [-0.05, 0) is 50.1 Å². The van der Waals surface area contributed by atoms with Gasteiger partial charge in [-0.2, -0.15) is 0 Å². The van der Waals surface area contributed by atoms with Crippen LogP contribution < -0.4 is 5.32 Å². The van der Waals surface area contributed by atoms with Crippen LogP contribution in [0.2, 0.25) is 0 Å². The van der Waals surface area contributed by atoms with Gasteiger partial charge in [0.1, 0.15) is 11.5 Å². The van der Waals surface area contributed by atoms with E-state index in [1.807, 2.05) is 11.9 Å². The smallest absolute Gasteiger partial charge is 0.337 e. The molecule has 1 aromatic heterocycles. The van der Waals surface area contributed by atoms with Gasteiger partial charge in [0.05, 0.1) is 24.3 Å². The van der Waals surface area contributed by atoms with Crippen LogP contribution in [0.5, 0.6) is 0 Å². The van der Waals surface area contributed by atoms with Crippen LogP contribution >= 0.6 is 0 Å². The number of benzene rings is 1. The van der Waals surface area contributed by atoms with Gasteiger partial charge < -0.3 is 14.8 Å². The number of aromatic carboxylic acids is 1. The number of rotatable bonds is 6. The Bertz CT molecular complexity index is 758. The number of fused-ring (bicyclic) bond motifs is 1. The molecule has 132 valence electrons. The van der Waals surface area contributed by atoms with Crippen molar-refractivity contribution in [1.29, 1.82) is 0 Å². The maximum atomic E-state index is 12.2. The van der Waals surface area contributed by atoms with Crippen LogP contribution in [0.3, 0.4) is 0 Å². The quantitative estimate of drug-likeness (QED) is 0.843. The van der Waals surface area contributed by atoms with Crippen molar-refractivity contribution in [1.82, 2.24) is 4.90 Å². The Balaban J connectivity index is 1.57. The summed E-state index contributed by atoms with van der Waals surface area (Å²) < 4.78 is 5.88. The van der Waals surface area contributed by atoms with Crippen molar-refractivity contribution in [3.63, 3.8) is 0 Å². The van der Waals surface area contributed by atoms with Gasteiger partial charge in [-0.25, -0.2) is 4.79 Å². The van der Waals surface area contributed by atoms with Crippen molar-refractivity contribution in [3.05, 3.63) is 53.0 Å². The van der Waals surface area contributed by atoms with Crippen molar-refractivity contribution >= 4 is 17.6 Å². The summed E-state index contributed by atoms with van der Waals surface area (Å²) >= 11 is 0. The first-order valence-electron chi connectivity index (χ1n) is 8.44. The number of hydrogen-bond donors (Lipinski definition) is 2. The first-order chi connectivity index (χ1) is 12.0. The van der Waals surface area contributed by atoms with Crippen molar-refractivity contribution < 1.29 is 19.1 Å². The number of hydrogen-bond acceptors (Lipinski definition) is 4. The third-order valence-electron chi connectivity index (χ3n) is 4.32. The molecule has 6 heteroatoms. The number of amides is 1. The van der Waals surface area contributed by atoms with E-state index in [9.17, 15) is 9.59 Å². The SMILES string of the molecule is CN(CC(=O)Nc1ccccc1C(=O)O)Cc1cc2c(o1)CCCC2. The summed E-state index contributed by atoms with van der Waals surface area (Å²) in [4.78, 5) is 25.2. The molecule has 0 bridgehead atoms. The number of furan rings is 1. The highest BCUT2D eigenvalue weighted by atomic mass is 16.4. The number of carbonyl (C=O) groups excluding carboxylic acids is 1. The van der Waals surface area contributed by atoms with Gasteiger partial charge in [-0.15, -0.1) is 0 Å². The maximum Gasteiger partial charge on any atom is 0.337 e. The maximum absolute atomic E-state index is 12.2. The molecule has 2 aromatic rings. The molecule has 0 unspecified atom stereocenters. The third-order valence-corrected chi connectivity index (χ3v) is 4.32. The molecular weight excluding hydrogens is 320 g/mol. The first-order valence-corrected chi connectivity index (χ1v) is 8.44. The average molecular weight is 342 g/mol. The summed E-state index contributed by atoms with van der Waals surface area (Å²) in [6.07, 6.45) is 4.43. The summed E-state index contributed by atoms with van der Waals surface area (Å²) in [5.41, 5.74) is 1.67. The number of nitrogens with zero attached hydrogens (tertiary/aromatic N) is 1. The van der Waals surface area contributed by atoms with E-state index in [0.29, 0.717) is 12.2 Å². The molecule has 25 heavy (non-hydrogen) atoms. The predicted molar refractivity (Wildman–Crippen MR) is 93.7 cm³/mol. The van der Waals surface area contributed by atoms with E-state index in [2.05, 4.69) is 11.4 Å². The minimum Gasteiger partial charge on any atom is -0.478 e. The van der Waals surface area contributed by atoms with Crippen molar-refractivity contribution in [2.45, 2.75) is 32.2 Å². The molecule has 6 nitrogen and oxygen atoms in total. The molecule has 1 aliphatic rings. The highest BCUT2D eigenvalue weighted by Gasteiger charge is 2.17. The molecule has 2 N–H and O–H groups in total. The van der Waals surface area contributed by atoms with E-state index in [1.165, 1.54) is 24.5 Å². The summed E-state index contributed by atoms with van der Waals surface area (Å²) in [7, 11) is 1.84. The van der Waals surface area contributed by atoms with Crippen molar-refractivity contribution in [2.24, 2.45) is 0 Å². The van der Waals surface area contributed by atoms with Gasteiger partial charge in [0.2, 0.25) is 5.91 Å². The minimum atomic E-state index is -1.06. The molecule has 0 aliphatic heterocycles. The zero-order chi connectivity index (χ0) is 17.8. The fourth-order valence-corrected chi connectivity index (χ4v) is 3.17. The topological polar surface area (TPSA) is 82.8 Å². The fourth-order valence-electron chi connectivity index (χ4n) is 3.17. The Hall–Kier alpha value is -2.60. The number of likely N-dealkylation sites (N-methyl/N-ethyl adjacent to an activating group) is 1. The molecule has 1 amide bonds. The van der Waals surface area contributed by atoms with Gasteiger partial charge in [-0.3, -0.25) is 9.69 Å². The van der Waals surface area contributed by atoms with E-state index in [-0.39, 0.29) is 18.0 Å². The monoisotopic (exact) mass is 342 g/mol. The lowest BCUT2D eigenvalue weighted by Crippen LogP contribution is -2.30. The summed E-state index contributed by atoms with van der Waals surface area (Å²) in [6, 6.07) is 8.46. The second-order valence-electron chi connectivity index (χ2n) is 6.44. The van der Waals surface area contributed by atoms with Crippen molar-refractivity contribution in [2.75, 3.05) is 18.9 Å². The third kappa shape index (κ3) is 4.28. The normalized spacial score (nSPS) is 13.5. The Morgan fingerprint density at radius 3 is 2.76 bits per heavy atom. The van der Waals surface area contributed by atoms with Gasteiger partial charge in [0.25, 0.3) is 0 Å². The lowest BCUT2D eigenvalue weighted by atomic mass is 9.99. The molecule has 1 aromatic carbocycles. The Morgan fingerprint density at radius 2 is 2.00 bits per heavy atom. The van der Waals surface area contributed by atoms with Gasteiger partial charge in [0, 0.05) is 6.42 Å². The number of para-hydroxylation sites is 1. The zero-order valence-corrected chi connectivity index (χ0v) is 14.2. The Kier molecular flexibility index (Phi) is 5.19. The van der Waals surface area contributed by atoms with Gasteiger partial charge >= 0.3 is 5.97 Å².